The molecule has 1 aliphatic rings. The summed E-state index contributed by atoms with van der Waals surface area (Å²) in [6, 6.07) is -0.209. The number of aromatic nitrogens is 2. The molecule has 5 heteroatoms. The maximum atomic E-state index is 5.95. The van der Waals surface area contributed by atoms with Gasteiger partial charge in [0.25, 0.3) is 0 Å². The van der Waals surface area contributed by atoms with Crippen LogP contribution >= 0.6 is 0 Å². The first-order chi connectivity index (χ1) is 8.31. The Morgan fingerprint density at radius 3 is 2.88 bits per heavy atom. The van der Waals surface area contributed by atoms with Crippen molar-refractivity contribution in [1.29, 1.82) is 0 Å². The summed E-state index contributed by atoms with van der Waals surface area (Å²) in [5, 5.41) is 4.06. The topological polar surface area (TPSA) is 74.2 Å². The van der Waals surface area contributed by atoms with Crippen LogP contribution in [0.25, 0.3) is 0 Å². The average Bonchev–Trinajstić information content (AvgIpc) is 2.86. The van der Waals surface area contributed by atoms with Gasteiger partial charge in [-0.1, -0.05) is 24.4 Å². The number of methoxy groups -OCH3 is 1. The zero-order valence-electron chi connectivity index (χ0n) is 10.4. The number of hydrogen-bond acceptors (Lipinski definition) is 5. The smallest absolute Gasteiger partial charge is 0.243 e. The van der Waals surface area contributed by atoms with E-state index in [-0.39, 0.29) is 6.04 Å². The molecule has 0 aromatic carbocycles. The lowest BCUT2D eigenvalue weighted by atomic mass is 9.89. The predicted molar refractivity (Wildman–Crippen MR) is 63.5 cm³/mol. The van der Waals surface area contributed by atoms with E-state index in [1.165, 1.54) is 32.1 Å². The molecule has 1 unspecified atom stereocenters. The maximum absolute atomic E-state index is 5.95. The van der Waals surface area contributed by atoms with Crippen LogP contribution in [0, 0.1) is 0 Å². The van der Waals surface area contributed by atoms with E-state index in [9.17, 15) is 0 Å². The summed E-state index contributed by atoms with van der Waals surface area (Å²) in [4.78, 5) is 4.43. The van der Waals surface area contributed by atoms with Crippen LogP contribution in [-0.2, 0) is 4.74 Å². The Hall–Kier alpha value is -0.940. The highest BCUT2D eigenvalue weighted by atomic mass is 16.5. The molecule has 2 rings (SSSR count). The van der Waals surface area contributed by atoms with Crippen molar-refractivity contribution < 1.29 is 9.26 Å². The van der Waals surface area contributed by atoms with E-state index in [1.807, 2.05) is 0 Å². The van der Waals surface area contributed by atoms with Crippen LogP contribution in [0.2, 0.25) is 0 Å². The van der Waals surface area contributed by atoms with E-state index in [0.29, 0.717) is 24.8 Å². The molecule has 1 heterocycles. The average molecular weight is 239 g/mol. The van der Waals surface area contributed by atoms with Crippen LogP contribution < -0.4 is 5.73 Å². The molecular weight excluding hydrogens is 218 g/mol. The summed E-state index contributed by atoms with van der Waals surface area (Å²) in [7, 11) is 1.66. The third-order valence-electron chi connectivity index (χ3n) is 3.38. The molecule has 1 fully saturated rings. The fourth-order valence-corrected chi connectivity index (χ4v) is 2.29. The second-order valence-corrected chi connectivity index (χ2v) is 4.71. The van der Waals surface area contributed by atoms with Crippen LogP contribution in [0.15, 0.2) is 4.52 Å². The summed E-state index contributed by atoms with van der Waals surface area (Å²) in [5.74, 6) is 1.85. The molecule has 17 heavy (non-hydrogen) atoms. The first-order valence-corrected chi connectivity index (χ1v) is 6.39. The van der Waals surface area contributed by atoms with Gasteiger partial charge in [0, 0.05) is 19.6 Å². The second kappa shape index (κ2) is 6.12. The van der Waals surface area contributed by atoms with Crippen molar-refractivity contribution in [3.8, 4) is 0 Å². The minimum Gasteiger partial charge on any atom is -0.385 e. The van der Waals surface area contributed by atoms with Crippen LogP contribution in [0.4, 0.5) is 0 Å². The van der Waals surface area contributed by atoms with Gasteiger partial charge >= 0.3 is 0 Å². The summed E-state index contributed by atoms with van der Waals surface area (Å²) in [6.45, 7) is 0.613. The van der Waals surface area contributed by atoms with E-state index in [0.717, 1.165) is 5.82 Å². The lowest BCUT2D eigenvalue weighted by molar-refractivity contribution is 0.182. The second-order valence-electron chi connectivity index (χ2n) is 4.71. The molecule has 5 nitrogen and oxygen atoms in total. The summed E-state index contributed by atoms with van der Waals surface area (Å²) >= 11 is 0. The number of rotatable bonds is 5. The van der Waals surface area contributed by atoms with E-state index >= 15 is 0 Å². The molecule has 1 atom stereocenters. The molecule has 1 aromatic heterocycles. The van der Waals surface area contributed by atoms with E-state index in [4.69, 9.17) is 15.0 Å². The first-order valence-electron chi connectivity index (χ1n) is 6.39. The number of nitrogens with zero attached hydrogens (tertiary/aromatic N) is 2. The van der Waals surface area contributed by atoms with Crippen LogP contribution in [0.5, 0.6) is 0 Å². The van der Waals surface area contributed by atoms with Gasteiger partial charge in [0.2, 0.25) is 5.89 Å². The van der Waals surface area contributed by atoms with Gasteiger partial charge in [0.05, 0.1) is 6.04 Å². The Kier molecular flexibility index (Phi) is 4.50. The van der Waals surface area contributed by atoms with Gasteiger partial charge in [0.1, 0.15) is 0 Å². The Balaban J connectivity index is 1.94. The molecule has 1 aromatic rings. The Morgan fingerprint density at radius 2 is 2.18 bits per heavy atom. The van der Waals surface area contributed by atoms with Crippen molar-refractivity contribution >= 4 is 0 Å². The van der Waals surface area contributed by atoms with Crippen LogP contribution in [0.1, 0.15) is 62.2 Å². The lowest BCUT2D eigenvalue weighted by Crippen LogP contribution is -2.13. The quantitative estimate of drug-likeness (QED) is 0.852. The normalized spacial score (nSPS) is 19.4. The Bertz CT molecular complexity index is 334. The summed E-state index contributed by atoms with van der Waals surface area (Å²) < 4.78 is 10.2. The lowest BCUT2D eigenvalue weighted by Gasteiger charge is -2.17. The van der Waals surface area contributed by atoms with Gasteiger partial charge in [-0.3, -0.25) is 0 Å². The molecule has 0 spiro atoms. The Morgan fingerprint density at radius 1 is 1.41 bits per heavy atom. The third-order valence-corrected chi connectivity index (χ3v) is 3.38. The Labute approximate surface area is 102 Å². The van der Waals surface area contributed by atoms with Crippen molar-refractivity contribution in [3.63, 3.8) is 0 Å². The monoisotopic (exact) mass is 239 g/mol. The predicted octanol–water partition coefficient (Wildman–Crippen LogP) is 2.15. The standard InChI is InChI=1S/C12H21N3O2/c1-16-8-7-10(13)12-14-11(15-17-12)9-5-3-2-4-6-9/h9-10H,2-8,13H2,1H3. The summed E-state index contributed by atoms with van der Waals surface area (Å²) in [5.41, 5.74) is 5.95. The molecule has 0 saturated heterocycles. The van der Waals surface area contributed by atoms with Gasteiger partial charge in [-0.2, -0.15) is 4.98 Å². The van der Waals surface area contributed by atoms with Gasteiger partial charge in [-0.15, -0.1) is 0 Å². The molecule has 0 bridgehead atoms. The highest BCUT2D eigenvalue weighted by molar-refractivity contribution is 4.99. The van der Waals surface area contributed by atoms with Crippen molar-refractivity contribution in [2.75, 3.05) is 13.7 Å². The molecule has 0 amide bonds. The molecule has 1 aliphatic carbocycles. The van der Waals surface area contributed by atoms with Gasteiger partial charge in [-0.05, 0) is 19.3 Å². The van der Waals surface area contributed by atoms with Crippen molar-refractivity contribution in [2.24, 2.45) is 5.73 Å². The zero-order chi connectivity index (χ0) is 12.1. The third kappa shape index (κ3) is 3.26. The highest BCUT2D eigenvalue weighted by Crippen LogP contribution is 2.31. The number of nitrogens with two attached hydrogens (primary N) is 1. The van der Waals surface area contributed by atoms with Crippen molar-refractivity contribution in [3.05, 3.63) is 11.7 Å². The largest absolute Gasteiger partial charge is 0.385 e. The molecular formula is C12H21N3O2. The van der Waals surface area contributed by atoms with Crippen molar-refractivity contribution in [2.45, 2.75) is 50.5 Å². The SMILES string of the molecule is COCCC(N)c1nc(C2CCCCC2)no1. The minimum absolute atomic E-state index is 0.209. The van der Waals surface area contributed by atoms with Crippen LogP contribution in [0.3, 0.4) is 0 Å². The summed E-state index contributed by atoms with van der Waals surface area (Å²) in [6.07, 6.45) is 6.92. The number of hydrogen-bond donors (Lipinski definition) is 1. The maximum Gasteiger partial charge on any atom is 0.243 e. The molecule has 0 radical (unpaired) electrons. The van der Waals surface area contributed by atoms with Crippen LogP contribution in [-0.4, -0.2) is 23.9 Å². The number of ether oxygens (including phenoxy) is 1. The van der Waals surface area contributed by atoms with Gasteiger partial charge < -0.3 is 15.0 Å². The molecule has 2 N–H and O–H groups in total. The van der Waals surface area contributed by atoms with E-state index in [2.05, 4.69) is 10.1 Å². The van der Waals surface area contributed by atoms with Gasteiger partial charge in [-0.25, -0.2) is 0 Å². The minimum atomic E-state index is -0.209. The first kappa shape index (κ1) is 12.5. The highest BCUT2D eigenvalue weighted by Gasteiger charge is 2.22. The molecule has 96 valence electrons. The molecule has 0 aliphatic heterocycles. The zero-order valence-corrected chi connectivity index (χ0v) is 10.4. The van der Waals surface area contributed by atoms with Gasteiger partial charge in [0.15, 0.2) is 5.82 Å². The van der Waals surface area contributed by atoms with Crippen molar-refractivity contribution in [1.82, 2.24) is 10.1 Å². The van der Waals surface area contributed by atoms with E-state index in [1.54, 1.807) is 7.11 Å². The molecule has 1 saturated carbocycles. The van der Waals surface area contributed by atoms with E-state index < -0.39 is 0 Å². The fourth-order valence-electron chi connectivity index (χ4n) is 2.29. The fraction of sp³-hybridized carbons (Fsp3) is 0.833.